The molecule has 0 aliphatic heterocycles. The zero-order chi connectivity index (χ0) is 18.5. The maximum atomic E-state index is 12.4. The minimum atomic E-state index is -0.478. The number of hydrogen-bond acceptors (Lipinski definition) is 3. The van der Waals surface area contributed by atoms with Crippen LogP contribution in [0.25, 0.3) is 5.76 Å². The molecular formula is C20H18N2O3Se. The first-order valence-corrected chi connectivity index (χ1v) is 9.71. The summed E-state index contributed by atoms with van der Waals surface area (Å²) < 4.78 is 8.96. The average molecular weight is 413 g/mol. The van der Waals surface area contributed by atoms with E-state index in [4.69, 9.17) is 4.74 Å². The summed E-state index contributed by atoms with van der Waals surface area (Å²) in [6.45, 7) is 5.64. The van der Waals surface area contributed by atoms with Gasteiger partial charge < -0.3 is 0 Å². The van der Waals surface area contributed by atoms with Crippen LogP contribution in [0, 0.1) is 6.92 Å². The Morgan fingerprint density at radius 1 is 1.08 bits per heavy atom. The molecule has 0 aliphatic rings. The average Bonchev–Trinajstić information content (AvgIpc) is 2.67. The Bertz CT molecular complexity index is 1020. The van der Waals surface area contributed by atoms with Crippen molar-refractivity contribution in [2.24, 2.45) is 0 Å². The standard InChI is InChI=1S/C20H18N2O3Se/c1-14-18(23)21-20(24)22(19(14)26-17-11-7-4-8-12-17)13-25-15(2)16-9-5-3-6-10-16/h3-12H,2,13H2,1H3,(H,21,23,24). The summed E-state index contributed by atoms with van der Waals surface area (Å²) >= 11 is -0.198. The van der Waals surface area contributed by atoms with Crippen molar-refractivity contribution in [2.75, 3.05) is 0 Å². The fourth-order valence-electron chi connectivity index (χ4n) is 2.35. The van der Waals surface area contributed by atoms with E-state index in [1.54, 1.807) is 6.92 Å². The number of ether oxygens (including phenoxy) is 1. The van der Waals surface area contributed by atoms with E-state index in [9.17, 15) is 9.59 Å². The van der Waals surface area contributed by atoms with Crippen LogP contribution in [0.1, 0.15) is 11.1 Å². The summed E-state index contributed by atoms with van der Waals surface area (Å²) in [5.74, 6) is 0.472. The van der Waals surface area contributed by atoms with Crippen LogP contribution in [0.3, 0.4) is 0 Å². The molecule has 2 aromatic carbocycles. The molecule has 0 atom stereocenters. The first-order valence-electron chi connectivity index (χ1n) is 8.00. The molecule has 1 heterocycles. The third-order valence-electron chi connectivity index (χ3n) is 3.79. The summed E-state index contributed by atoms with van der Waals surface area (Å²) in [5, 5.41) is 0. The molecule has 0 radical (unpaired) electrons. The molecule has 1 aromatic heterocycles. The van der Waals surface area contributed by atoms with Crippen LogP contribution < -0.4 is 20.3 Å². The monoisotopic (exact) mass is 414 g/mol. The Kier molecular flexibility index (Phi) is 5.56. The summed E-state index contributed by atoms with van der Waals surface area (Å²) in [6, 6.07) is 19.3. The van der Waals surface area contributed by atoms with E-state index in [1.807, 2.05) is 60.7 Å². The molecule has 3 rings (SSSR count). The Morgan fingerprint density at radius 3 is 2.35 bits per heavy atom. The van der Waals surface area contributed by atoms with Gasteiger partial charge in [-0.2, -0.15) is 0 Å². The van der Waals surface area contributed by atoms with Gasteiger partial charge in [-0.15, -0.1) is 0 Å². The third kappa shape index (κ3) is 4.04. The second-order valence-electron chi connectivity index (χ2n) is 5.60. The maximum absolute atomic E-state index is 12.4. The van der Waals surface area contributed by atoms with Crippen molar-refractivity contribution in [2.45, 2.75) is 13.7 Å². The first kappa shape index (κ1) is 18.0. The Hall–Kier alpha value is -2.82. The van der Waals surface area contributed by atoms with Crippen molar-refractivity contribution in [3.63, 3.8) is 0 Å². The van der Waals surface area contributed by atoms with Crippen molar-refractivity contribution in [1.29, 1.82) is 0 Å². The summed E-state index contributed by atoms with van der Waals surface area (Å²) in [4.78, 5) is 26.8. The third-order valence-corrected chi connectivity index (χ3v) is 6.37. The normalized spacial score (nSPS) is 10.5. The van der Waals surface area contributed by atoms with Gasteiger partial charge in [0, 0.05) is 0 Å². The number of H-pyrrole nitrogens is 1. The molecule has 6 heteroatoms. The number of hydrogen-bond donors (Lipinski definition) is 1. The molecule has 3 aromatic rings. The van der Waals surface area contributed by atoms with Gasteiger partial charge in [0.05, 0.1) is 0 Å². The van der Waals surface area contributed by atoms with Crippen LogP contribution in [0.5, 0.6) is 0 Å². The molecule has 5 nitrogen and oxygen atoms in total. The van der Waals surface area contributed by atoms with E-state index in [2.05, 4.69) is 11.6 Å². The molecule has 1 N–H and O–H groups in total. The molecular weight excluding hydrogens is 395 g/mol. The molecule has 0 saturated heterocycles. The first-order chi connectivity index (χ1) is 12.6. The second-order valence-corrected chi connectivity index (χ2v) is 7.82. The molecule has 26 heavy (non-hydrogen) atoms. The van der Waals surface area contributed by atoms with Crippen molar-refractivity contribution in [3.05, 3.63) is 99.2 Å². The predicted octanol–water partition coefficient (Wildman–Crippen LogP) is 1.15. The van der Waals surface area contributed by atoms with Gasteiger partial charge in [-0.25, -0.2) is 0 Å². The fraction of sp³-hybridized carbons (Fsp3) is 0.100. The molecule has 132 valence electrons. The number of nitrogens with one attached hydrogen (secondary N) is 1. The van der Waals surface area contributed by atoms with E-state index < -0.39 is 5.69 Å². The Labute approximate surface area is 157 Å². The van der Waals surface area contributed by atoms with Gasteiger partial charge in [-0.05, 0) is 0 Å². The van der Waals surface area contributed by atoms with E-state index in [0.717, 1.165) is 10.0 Å². The molecule has 0 amide bonds. The zero-order valence-electron chi connectivity index (χ0n) is 14.3. The molecule has 0 bridgehead atoms. The minimum absolute atomic E-state index is 0.00586. The van der Waals surface area contributed by atoms with E-state index >= 15 is 0 Å². The topological polar surface area (TPSA) is 64.1 Å². The van der Waals surface area contributed by atoms with Crippen LogP contribution in [0.2, 0.25) is 0 Å². The van der Waals surface area contributed by atoms with Gasteiger partial charge in [0.1, 0.15) is 0 Å². The van der Waals surface area contributed by atoms with E-state index in [-0.39, 0.29) is 27.2 Å². The molecule has 0 saturated carbocycles. The summed E-state index contributed by atoms with van der Waals surface area (Å²) in [5.41, 5.74) is 0.536. The van der Waals surface area contributed by atoms with Gasteiger partial charge >= 0.3 is 157 Å². The SMILES string of the molecule is C=C(OCn1c([Se]c2ccccc2)c(C)c(=O)[nH]c1=O)c1ccccc1. The summed E-state index contributed by atoms with van der Waals surface area (Å²) in [7, 11) is 0. The number of aromatic nitrogens is 2. The summed E-state index contributed by atoms with van der Waals surface area (Å²) in [6.07, 6.45) is 0. The quantitative estimate of drug-likeness (QED) is 0.487. The Morgan fingerprint density at radius 2 is 1.69 bits per heavy atom. The van der Waals surface area contributed by atoms with Crippen LogP contribution in [0.15, 0.2) is 76.8 Å². The zero-order valence-corrected chi connectivity index (χ0v) is 16.0. The van der Waals surface area contributed by atoms with Crippen LogP contribution in [-0.2, 0) is 11.5 Å². The molecule has 0 fully saturated rings. The number of rotatable bonds is 6. The van der Waals surface area contributed by atoms with Crippen molar-refractivity contribution < 1.29 is 4.74 Å². The van der Waals surface area contributed by atoms with Crippen LogP contribution in [0.4, 0.5) is 0 Å². The van der Waals surface area contributed by atoms with Gasteiger partial charge in [0.15, 0.2) is 0 Å². The fourth-order valence-corrected chi connectivity index (χ4v) is 4.46. The van der Waals surface area contributed by atoms with Gasteiger partial charge in [0.25, 0.3) is 0 Å². The van der Waals surface area contributed by atoms with Gasteiger partial charge in [0.2, 0.25) is 0 Å². The number of aromatic amines is 1. The van der Waals surface area contributed by atoms with Crippen LogP contribution >= 0.6 is 0 Å². The predicted molar refractivity (Wildman–Crippen MR) is 104 cm³/mol. The molecule has 0 spiro atoms. The van der Waals surface area contributed by atoms with Gasteiger partial charge in [-0.3, -0.25) is 0 Å². The number of benzene rings is 2. The molecule has 0 aliphatic carbocycles. The van der Waals surface area contributed by atoms with E-state index in [0.29, 0.717) is 15.9 Å². The van der Waals surface area contributed by atoms with Crippen molar-refractivity contribution in [1.82, 2.24) is 9.55 Å². The van der Waals surface area contributed by atoms with Crippen molar-refractivity contribution >= 4 is 29.8 Å². The van der Waals surface area contributed by atoms with E-state index in [1.165, 1.54) is 4.57 Å². The van der Waals surface area contributed by atoms with Crippen molar-refractivity contribution in [3.8, 4) is 0 Å². The van der Waals surface area contributed by atoms with Crippen LogP contribution in [-0.4, -0.2) is 24.5 Å². The Balaban J connectivity index is 1.91. The molecule has 0 unspecified atom stereocenters. The van der Waals surface area contributed by atoms with Gasteiger partial charge in [-0.1, -0.05) is 0 Å². The number of nitrogens with zero attached hydrogens (tertiary/aromatic N) is 1. The second kappa shape index (κ2) is 8.04.